The predicted molar refractivity (Wildman–Crippen MR) is 115 cm³/mol. The van der Waals surface area contributed by atoms with Crippen molar-refractivity contribution in [3.63, 3.8) is 0 Å². The third kappa shape index (κ3) is 2.59. The number of furan rings is 2. The lowest BCUT2D eigenvalue weighted by molar-refractivity contribution is -0.125. The summed E-state index contributed by atoms with van der Waals surface area (Å²) in [6.45, 7) is 0.240. The van der Waals surface area contributed by atoms with Gasteiger partial charge in [-0.05, 0) is 42.7 Å². The van der Waals surface area contributed by atoms with E-state index in [1.807, 2.05) is 18.2 Å². The summed E-state index contributed by atoms with van der Waals surface area (Å²) in [4.78, 5) is 44.5. The van der Waals surface area contributed by atoms with Gasteiger partial charge in [0.15, 0.2) is 11.1 Å². The average Bonchev–Trinajstić information content (AvgIpc) is 3.14. The van der Waals surface area contributed by atoms with Gasteiger partial charge < -0.3 is 19.1 Å². The zero-order chi connectivity index (χ0) is 22.3. The summed E-state index contributed by atoms with van der Waals surface area (Å²) in [7, 11) is 0. The lowest BCUT2D eigenvalue weighted by atomic mass is 9.95. The molecule has 7 rings (SSSR count). The fourth-order valence-electron chi connectivity index (χ4n) is 4.91. The van der Waals surface area contributed by atoms with E-state index in [0.29, 0.717) is 34.7 Å². The standard InChI is InChI=1S/C24H18N4O5/c29-21-20-13(5-6-16-14(20)8-18(32-16)12-3-4-12)10-28(21)11-24(22(30)26-23(31)27-24)19-9-15-17(33-19)2-1-7-25-15/h1-2,5-9,12H,3-4,10-11H2,(H2,26,27,30,31). The van der Waals surface area contributed by atoms with Crippen LogP contribution in [0.15, 0.2) is 51.4 Å². The molecule has 33 heavy (non-hydrogen) atoms. The minimum Gasteiger partial charge on any atom is -0.461 e. The van der Waals surface area contributed by atoms with Crippen LogP contribution in [-0.4, -0.2) is 34.3 Å². The Balaban J connectivity index is 1.29. The van der Waals surface area contributed by atoms with Crippen molar-refractivity contribution in [2.24, 2.45) is 0 Å². The highest BCUT2D eigenvalue weighted by molar-refractivity contribution is 6.11. The lowest BCUT2D eigenvalue weighted by Crippen LogP contribution is -2.52. The minimum atomic E-state index is -1.55. The molecule has 4 amide bonds. The maximum absolute atomic E-state index is 13.5. The number of benzene rings is 1. The van der Waals surface area contributed by atoms with Gasteiger partial charge in [-0.25, -0.2) is 4.79 Å². The van der Waals surface area contributed by atoms with Gasteiger partial charge in [0.25, 0.3) is 11.8 Å². The number of amides is 4. The van der Waals surface area contributed by atoms with E-state index < -0.39 is 17.5 Å². The minimum absolute atomic E-state index is 0.0767. The number of carbonyl (C=O) groups excluding carboxylic acids is 3. The zero-order valence-corrected chi connectivity index (χ0v) is 17.4. The molecule has 3 aliphatic rings. The van der Waals surface area contributed by atoms with E-state index in [2.05, 4.69) is 15.6 Å². The first kappa shape index (κ1) is 18.4. The summed E-state index contributed by atoms with van der Waals surface area (Å²) in [6, 6.07) is 10.2. The summed E-state index contributed by atoms with van der Waals surface area (Å²) < 4.78 is 11.9. The van der Waals surface area contributed by atoms with Crippen molar-refractivity contribution in [1.29, 1.82) is 0 Å². The SMILES string of the molecule is O=C1NC(=O)C(CN2Cc3ccc4oc(C5CC5)cc4c3C2=O)(c2cc3ncccc3o2)N1. The topological polar surface area (TPSA) is 118 Å². The third-order valence-corrected chi connectivity index (χ3v) is 6.73. The molecule has 1 saturated heterocycles. The van der Waals surface area contributed by atoms with Crippen LogP contribution in [0.4, 0.5) is 4.79 Å². The summed E-state index contributed by atoms with van der Waals surface area (Å²) >= 11 is 0. The Morgan fingerprint density at radius 1 is 1.09 bits per heavy atom. The van der Waals surface area contributed by atoms with Gasteiger partial charge in [-0.15, -0.1) is 0 Å². The Labute approximate surface area is 186 Å². The molecule has 1 aliphatic carbocycles. The largest absolute Gasteiger partial charge is 0.461 e. The number of pyridine rings is 1. The van der Waals surface area contributed by atoms with E-state index in [-0.39, 0.29) is 18.2 Å². The van der Waals surface area contributed by atoms with Crippen molar-refractivity contribution < 1.29 is 23.2 Å². The van der Waals surface area contributed by atoms with E-state index in [9.17, 15) is 14.4 Å². The van der Waals surface area contributed by atoms with E-state index >= 15 is 0 Å². The van der Waals surface area contributed by atoms with Crippen molar-refractivity contribution in [2.75, 3.05) is 6.54 Å². The van der Waals surface area contributed by atoms with Crippen molar-refractivity contribution in [1.82, 2.24) is 20.5 Å². The van der Waals surface area contributed by atoms with Crippen LogP contribution in [-0.2, 0) is 16.9 Å². The van der Waals surface area contributed by atoms with Gasteiger partial charge >= 0.3 is 6.03 Å². The van der Waals surface area contributed by atoms with Gasteiger partial charge in [-0.1, -0.05) is 6.07 Å². The maximum Gasteiger partial charge on any atom is 0.322 e. The zero-order valence-electron chi connectivity index (χ0n) is 17.4. The molecule has 164 valence electrons. The van der Waals surface area contributed by atoms with Crippen molar-refractivity contribution in [2.45, 2.75) is 30.8 Å². The summed E-state index contributed by atoms with van der Waals surface area (Å²) in [5.41, 5.74) is 1.64. The highest BCUT2D eigenvalue weighted by atomic mass is 16.3. The second kappa shape index (κ2) is 6.22. The second-order valence-electron chi connectivity index (χ2n) is 8.91. The molecule has 1 saturated carbocycles. The molecule has 2 fully saturated rings. The van der Waals surface area contributed by atoms with Gasteiger partial charge in [-0.3, -0.25) is 19.9 Å². The highest BCUT2D eigenvalue weighted by Gasteiger charge is 2.53. The number of carbonyl (C=O) groups is 3. The van der Waals surface area contributed by atoms with E-state index in [0.717, 1.165) is 29.6 Å². The number of hydrogen-bond acceptors (Lipinski definition) is 6. The number of aromatic nitrogens is 1. The third-order valence-electron chi connectivity index (χ3n) is 6.73. The molecule has 3 aromatic heterocycles. The molecule has 5 heterocycles. The van der Waals surface area contributed by atoms with Crippen LogP contribution in [0.3, 0.4) is 0 Å². The van der Waals surface area contributed by atoms with Gasteiger partial charge in [0, 0.05) is 30.1 Å². The fraction of sp³-hybridized carbons (Fsp3) is 0.250. The summed E-state index contributed by atoms with van der Waals surface area (Å²) in [6.07, 6.45) is 3.83. The van der Waals surface area contributed by atoms with Gasteiger partial charge in [0.2, 0.25) is 0 Å². The number of urea groups is 1. The molecule has 4 aromatic rings. The second-order valence-corrected chi connectivity index (χ2v) is 8.91. The molecular weight excluding hydrogens is 424 g/mol. The molecule has 9 nitrogen and oxygen atoms in total. The molecule has 1 unspecified atom stereocenters. The van der Waals surface area contributed by atoms with Crippen molar-refractivity contribution in [3.8, 4) is 0 Å². The van der Waals surface area contributed by atoms with Crippen LogP contribution in [0.2, 0.25) is 0 Å². The normalized spacial score (nSPS) is 22.3. The molecule has 2 aliphatic heterocycles. The Morgan fingerprint density at radius 3 is 2.73 bits per heavy atom. The number of nitrogens with zero attached hydrogens (tertiary/aromatic N) is 2. The predicted octanol–water partition coefficient (Wildman–Crippen LogP) is 3.14. The quantitative estimate of drug-likeness (QED) is 0.469. The summed E-state index contributed by atoms with van der Waals surface area (Å²) in [5.74, 6) is 0.801. The van der Waals surface area contributed by atoms with Crippen LogP contribution in [0, 0.1) is 0 Å². The van der Waals surface area contributed by atoms with Crippen LogP contribution < -0.4 is 10.6 Å². The van der Waals surface area contributed by atoms with Crippen LogP contribution in [0.1, 0.15) is 46.2 Å². The van der Waals surface area contributed by atoms with E-state index in [1.165, 1.54) is 0 Å². The Kier molecular flexibility index (Phi) is 3.47. The molecule has 1 atom stereocenters. The number of hydrogen-bond donors (Lipinski definition) is 2. The Bertz CT molecular complexity index is 1480. The Morgan fingerprint density at radius 2 is 1.97 bits per heavy atom. The van der Waals surface area contributed by atoms with E-state index in [4.69, 9.17) is 8.83 Å². The van der Waals surface area contributed by atoms with Crippen LogP contribution in [0.25, 0.3) is 22.1 Å². The maximum atomic E-state index is 13.5. The summed E-state index contributed by atoms with van der Waals surface area (Å²) in [5, 5.41) is 5.79. The van der Waals surface area contributed by atoms with Gasteiger partial charge in [-0.2, -0.15) is 0 Å². The first-order valence-electron chi connectivity index (χ1n) is 10.8. The molecule has 1 aromatic carbocycles. The van der Waals surface area contributed by atoms with Gasteiger partial charge in [0.1, 0.15) is 22.6 Å². The molecule has 2 N–H and O–H groups in total. The number of nitrogens with one attached hydrogen (secondary N) is 2. The number of fused-ring (bicyclic) bond motifs is 4. The molecule has 9 heteroatoms. The fourth-order valence-corrected chi connectivity index (χ4v) is 4.91. The molecule has 0 bridgehead atoms. The molecule has 0 radical (unpaired) electrons. The first-order chi connectivity index (χ1) is 16.0. The smallest absolute Gasteiger partial charge is 0.322 e. The van der Waals surface area contributed by atoms with Crippen LogP contribution in [0.5, 0.6) is 0 Å². The van der Waals surface area contributed by atoms with Crippen molar-refractivity contribution >= 4 is 39.9 Å². The van der Waals surface area contributed by atoms with Gasteiger partial charge in [0.05, 0.1) is 12.1 Å². The molecule has 0 spiro atoms. The number of imide groups is 1. The lowest BCUT2D eigenvalue weighted by Gasteiger charge is -2.29. The monoisotopic (exact) mass is 442 g/mol. The highest BCUT2D eigenvalue weighted by Crippen LogP contribution is 2.44. The number of rotatable bonds is 4. The molecular formula is C24H18N4O5. The van der Waals surface area contributed by atoms with Crippen LogP contribution >= 0.6 is 0 Å². The Hall–Kier alpha value is -4.14. The van der Waals surface area contributed by atoms with E-state index in [1.54, 1.807) is 29.3 Å². The first-order valence-corrected chi connectivity index (χ1v) is 10.8. The average molecular weight is 442 g/mol. The van der Waals surface area contributed by atoms with Crippen molar-refractivity contribution in [3.05, 3.63) is 65.2 Å².